The van der Waals surface area contributed by atoms with Crippen molar-refractivity contribution in [1.82, 2.24) is 14.3 Å². The van der Waals surface area contributed by atoms with E-state index in [2.05, 4.69) is 14.3 Å². The molecule has 1 fully saturated rings. The highest BCUT2D eigenvalue weighted by Gasteiger charge is 2.25. The molecule has 164 valence electrons. The minimum Gasteiger partial charge on any atom is -0.379 e. The number of aryl methyl sites for hydroxylation is 1. The van der Waals surface area contributed by atoms with Crippen molar-refractivity contribution in [3.05, 3.63) is 59.7 Å². The summed E-state index contributed by atoms with van der Waals surface area (Å²) in [5.41, 5.74) is 2.16. The largest absolute Gasteiger partial charge is 0.379 e. The minimum absolute atomic E-state index is 0.00907. The SMILES string of the molecule is CNS(=O)(=O)c1ccc(S(=O)(=O)NC[C@@H](c2ccc(C)cc2)N2CCOCC2)cc1. The summed E-state index contributed by atoms with van der Waals surface area (Å²) >= 11 is 0. The lowest BCUT2D eigenvalue weighted by Gasteiger charge is -2.35. The molecule has 1 saturated heterocycles. The van der Waals surface area contributed by atoms with Gasteiger partial charge in [0, 0.05) is 25.7 Å². The van der Waals surface area contributed by atoms with Gasteiger partial charge >= 0.3 is 0 Å². The Bertz CT molecular complexity index is 1050. The van der Waals surface area contributed by atoms with E-state index in [-0.39, 0.29) is 22.4 Å². The average Bonchev–Trinajstić information content (AvgIpc) is 2.76. The molecule has 1 heterocycles. The number of ether oxygens (including phenoxy) is 1. The van der Waals surface area contributed by atoms with Crippen molar-refractivity contribution in [1.29, 1.82) is 0 Å². The Morgan fingerprint density at radius 2 is 1.43 bits per heavy atom. The number of rotatable bonds is 8. The molecule has 1 aliphatic rings. The minimum atomic E-state index is -3.80. The second-order valence-electron chi connectivity index (χ2n) is 7.11. The summed E-state index contributed by atoms with van der Waals surface area (Å²) in [6, 6.07) is 13.1. The second-order valence-corrected chi connectivity index (χ2v) is 10.8. The Morgan fingerprint density at radius 3 is 1.97 bits per heavy atom. The fourth-order valence-electron chi connectivity index (χ4n) is 3.32. The Hall–Kier alpha value is -1.82. The number of nitrogens with one attached hydrogen (secondary N) is 2. The zero-order valence-electron chi connectivity index (χ0n) is 17.0. The molecule has 30 heavy (non-hydrogen) atoms. The molecule has 0 spiro atoms. The number of sulfonamides is 2. The lowest BCUT2D eigenvalue weighted by atomic mass is 10.0. The maximum Gasteiger partial charge on any atom is 0.240 e. The highest BCUT2D eigenvalue weighted by molar-refractivity contribution is 7.90. The van der Waals surface area contributed by atoms with Crippen LogP contribution in [0.25, 0.3) is 0 Å². The molecule has 0 unspecified atom stereocenters. The average molecular weight is 454 g/mol. The molecule has 3 rings (SSSR count). The molecule has 0 aromatic heterocycles. The summed E-state index contributed by atoms with van der Waals surface area (Å²) in [6.07, 6.45) is 0. The van der Waals surface area contributed by atoms with E-state index >= 15 is 0 Å². The standard InChI is InChI=1S/C20H27N3O5S2/c1-16-3-5-17(6-4-16)20(23-11-13-28-14-12-23)15-22-30(26,27)19-9-7-18(8-10-19)29(24,25)21-2/h3-10,20-22H,11-15H2,1-2H3/t20-/m0/s1. The first-order chi connectivity index (χ1) is 14.2. The predicted molar refractivity (Wildman–Crippen MR) is 114 cm³/mol. The van der Waals surface area contributed by atoms with Gasteiger partial charge in [-0.2, -0.15) is 0 Å². The van der Waals surface area contributed by atoms with Crippen molar-refractivity contribution < 1.29 is 21.6 Å². The topological polar surface area (TPSA) is 105 Å². The van der Waals surface area contributed by atoms with Gasteiger partial charge in [0.05, 0.1) is 23.0 Å². The third-order valence-electron chi connectivity index (χ3n) is 5.13. The fourth-order valence-corrected chi connectivity index (χ4v) is 5.09. The van der Waals surface area contributed by atoms with Crippen LogP contribution in [-0.2, 0) is 24.8 Å². The van der Waals surface area contributed by atoms with Crippen LogP contribution in [0.2, 0.25) is 0 Å². The van der Waals surface area contributed by atoms with Crippen LogP contribution in [0, 0.1) is 6.92 Å². The van der Waals surface area contributed by atoms with Crippen LogP contribution in [0.15, 0.2) is 58.3 Å². The van der Waals surface area contributed by atoms with E-state index in [1.165, 1.54) is 31.3 Å². The molecule has 1 aliphatic heterocycles. The molecule has 0 bridgehead atoms. The summed E-state index contributed by atoms with van der Waals surface area (Å²) < 4.78 is 59.6. The highest BCUT2D eigenvalue weighted by Crippen LogP contribution is 2.23. The Kier molecular flexibility index (Phi) is 7.27. The van der Waals surface area contributed by atoms with E-state index in [4.69, 9.17) is 4.74 Å². The lowest BCUT2D eigenvalue weighted by Crippen LogP contribution is -2.43. The van der Waals surface area contributed by atoms with Crippen molar-refractivity contribution in [3.8, 4) is 0 Å². The summed E-state index contributed by atoms with van der Waals surface area (Å²) in [6.45, 7) is 4.86. The molecule has 1 atom stereocenters. The first-order valence-corrected chi connectivity index (χ1v) is 12.6. The maximum atomic E-state index is 12.8. The zero-order chi connectivity index (χ0) is 21.8. The van der Waals surface area contributed by atoms with E-state index in [0.29, 0.717) is 13.2 Å². The van der Waals surface area contributed by atoms with Crippen LogP contribution >= 0.6 is 0 Å². The number of hydrogen-bond acceptors (Lipinski definition) is 6. The van der Waals surface area contributed by atoms with Crippen molar-refractivity contribution in [3.63, 3.8) is 0 Å². The van der Waals surface area contributed by atoms with Gasteiger partial charge in [-0.05, 0) is 43.8 Å². The molecule has 0 radical (unpaired) electrons. The summed E-state index contributed by atoms with van der Waals surface area (Å²) in [5, 5.41) is 0. The van der Waals surface area contributed by atoms with Crippen LogP contribution in [0.4, 0.5) is 0 Å². The van der Waals surface area contributed by atoms with Crippen LogP contribution < -0.4 is 9.44 Å². The normalized spacial score (nSPS) is 17.0. The highest BCUT2D eigenvalue weighted by atomic mass is 32.2. The molecule has 8 nitrogen and oxygen atoms in total. The Balaban J connectivity index is 1.79. The van der Waals surface area contributed by atoms with Crippen molar-refractivity contribution in [2.75, 3.05) is 39.9 Å². The summed E-state index contributed by atoms with van der Waals surface area (Å²) in [5.74, 6) is 0. The molecular weight excluding hydrogens is 426 g/mol. The number of morpholine rings is 1. The van der Waals surface area contributed by atoms with Gasteiger partial charge in [0.1, 0.15) is 0 Å². The van der Waals surface area contributed by atoms with E-state index in [0.717, 1.165) is 24.2 Å². The van der Waals surface area contributed by atoms with Crippen LogP contribution in [0.5, 0.6) is 0 Å². The van der Waals surface area contributed by atoms with Crippen molar-refractivity contribution >= 4 is 20.0 Å². The first-order valence-electron chi connectivity index (χ1n) is 9.64. The van der Waals surface area contributed by atoms with Gasteiger partial charge in [0.2, 0.25) is 20.0 Å². The molecule has 0 aliphatic carbocycles. The molecule has 2 aromatic rings. The van der Waals surface area contributed by atoms with E-state index in [1.807, 2.05) is 31.2 Å². The van der Waals surface area contributed by atoms with Gasteiger partial charge in [0.25, 0.3) is 0 Å². The maximum absolute atomic E-state index is 12.8. The second kappa shape index (κ2) is 9.54. The molecule has 2 N–H and O–H groups in total. The smallest absolute Gasteiger partial charge is 0.240 e. The van der Waals surface area contributed by atoms with Crippen LogP contribution in [-0.4, -0.2) is 61.6 Å². The van der Waals surface area contributed by atoms with Gasteiger partial charge in [-0.25, -0.2) is 26.3 Å². The summed E-state index contributed by atoms with van der Waals surface area (Å²) in [7, 11) is -6.12. The third kappa shape index (κ3) is 5.45. The van der Waals surface area contributed by atoms with Crippen molar-refractivity contribution in [2.45, 2.75) is 22.8 Å². The third-order valence-corrected chi connectivity index (χ3v) is 8.00. The molecule has 2 aromatic carbocycles. The quantitative estimate of drug-likeness (QED) is 0.624. The van der Waals surface area contributed by atoms with Gasteiger partial charge in [-0.3, -0.25) is 4.90 Å². The predicted octanol–water partition coefficient (Wildman–Crippen LogP) is 1.25. The Morgan fingerprint density at radius 1 is 0.900 bits per heavy atom. The van der Waals surface area contributed by atoms with Gasteiger partial charge in [-0.1, -0.05) is 29.8 Å². The van der Waals surface area contributed by atoms with Gasteiger partial charge < -0.3 is 4.74 Å². The first kappa shape index (κ1) is 22.9. The van der Waals surface area contributed by atoms with E-state index < -0.39 is 20.0 Å². The molecule has 10 heteroatoms. The number of benzene rings is 2. The van der Waals surface area contributed by atoms with Crippen LogP contribution in [0.3, 0.4) is 0 Å². The fraction of sp³-hybridized carbons (Fsp3) is 0.400. The number of hydrogen-bond donors (Lipinski definition) is 2. The van der Waals surface area contributed by atoms with Gasteiger partial charge in [0.15, 0.2) is 0 Å². The number of nitrogens with zero attached hydrogens (tertiary/aromatic N) is 1. The van der Waals surface area contributed by atoms with Crippen molar-refractivity contribution in [2.24, 2.45) is 0 Å². The molecule has 0 saturated carbocycles. The molecule has 0 amide bonds. The zero-order valence-corrected chi connectivity index (χ0v) is 18.7. The lowest BCUT2D eigenvalue weighted by molar-refractivity contribution is 0.0172. The van der Waals surface area contributed by atoms with E-state index in [9.17, 15) is 16.8 Å². The molecular formula is C20H27N3O5S2. The summed E-state index contributed by atoms with van der Waals surface area (Å²) in [4.78, 5) is 2.23. The monoisotopic (exact) mass is 453 g/mol. The van der Waals surface area contributed by atoms with Crippen LogP contribution in [0.1, 0.15) is 17.2 Å². The Labute approximate surface area is 178 Å². The van der Waals surface area contributed by atoms with E-state index in [1.54, 1.807) is 0 Å². The van der Waals surface area contributed by atoms with Gasteiger partial charge in [-0.15, -0.1) is 0 Å².